The van der Waals surface area contributed by atoms with Crippen molar-refractivity contribution in [2.24, 2.45) is 0 Å². The summed E-state index contributed by atoms with van der Waals surface area (Å²) in [6.07, 6.45) is 0.931. The molecule has 0 fully saturated rings. The minimum Gasteiger partial charge on any atom is -0.487 e. The van der Waals surface area contributed by atoms with Gasteiger partial charge in [0.25, 0.3) is 0 Å². The Bertz CT molecular complexity index is 945. The Morgan fingerprint density at radius 1 is 1.12 bits per heavy atom. The van der Waals surface area contributed by atoms with Crippen LogP contribution in [-0.2, 0) is 19.6 Å². The average Bonchev–Trinajstić information content (AvgIpc) is 2.68. The Hall–Kier alpha value is -2.43. The third-order valence-corrected chi connectivity index (χ3v) is 4.79. The number of nitrogens with zero attached hydrogens (tertiary/aromatic N) is 1. The number of hydrogen-bond acceptors (Lipinski definition) is 3. The highest BCUT2D eigenvalue weighted by Crippen LogP contribution is 2.31. The van der Waals surface area contributed by atoms with Gasteiger partial charge in [0.05, 0.1) is 10.7 Å². The monoisotopic (exact) mass is 368 g/mol. The largest absolute Gasteiger partial charge is 0.487 e. The van der Waals surface area contributed by atoms with Crippen molar-refractivity contribution < 1.29 is 9.13 Å². The lowest BCUT2D eigenvalue weighted by Gasteiger charge is -2.17. The smallest absolute Gasteiger partial charge is 0.138 e. The van der Waals surface area contributed by atoms with E-state index in [-0.39, 0.29) is 12.4 Å². The summed E-state index contributed by atoms with van der Waals surface area (Å²) in [5, 5.41) is 3.83. The number of ether oxygens (including phenoxy) is 1. The first-order valence-corrected chi connectivity index (χ1v) is 8.94. The van der Waals surface area contributed by atoms with E-state index in [1.165, 1.54) is 11.6 Å². The lowest BCUT2D eigenvalue weighted by Crippen LogP contribution is -2.24. The van der Waals surface area contributed by atoms with Crippen LogP contribution in [0.25, 0.3) is 11.3 Å². The summed E-state index contributed by atoms with van der Waals surface area (Å²) in [7, 11) is 0. The second kappa shape index (κ2) is 7.44. The van der Waals surface area contributed by atoms with Gasteiger partial charge in [-0.25, -0.2) is 4.39 Å². The zero-order valence-electron chi connectivity index (χ0n) is 14.1. The lowest BCUT2D eigenvalue weighted by molar-refractivity contribution is 0.300. The molecule has 1 aliphatic rings. The molecule has 0 atom stereocenters. The van der Waals surface area contributed by atoms with Crippen LogP contribution in [0.3, 0.4) is 0 Å². The fourth-order valence-electron chi connectivity index (χ4n) is 3.05. The Morgan fingerprint density at radius 3 is 2.85 bits per heavy atom. The predicted molar refractivity (Wildman–Crippen MR) is 101 cm³/mol. The molecule has 0 spiro atoms. The van der Waals surface area contributed by atoms with E-state index >= 15 is 0 Å². The molecule has 0 radical (unpaired) electrons. The van der Waals surface area contributed by atoms with Crippen LogP contribution >= 0.6 is 11.6 Å². The molecule has 0 saturated carbocycles. The molecule has 3 nitrogen and oxygen atoms in total. The van der Waals surface area contributed by atoms with Gasteiger partial charge in [0.1, 0.15) is 18.2 Å². The molecule has 1 N–H and O–H groups in total. The van der Waals surface area contributed by atoms with E-state index in [9.17, 15) is 4.39 Å². The van der Waals surface area contributed by atoms with E-state index in [1.54, 1.807) is 24.3 Å². The molecule has 2 heterocycles. The zero-order chi connectivity index (χ0) is 17.9. The number of benzene rings is 2. The number of pyridine rings is 1. The first-order chi connectivity index (χ1) is 12.7. The molecule has 0 unspecified atom stereocenters. The van der Waals surface area contributed by atoms with E-state index in [0.29, 0.717) is 16.3 Å². The molecule has 1 aliphatic heterocycles. The van der Waals surface area contributed by atoms with E-state index in [2.05, 4.69) is 11.4 Å². The Labute approximate surface area is 156 Å². The van der Waals surface area contributed by atoms with Crippen LogP contribution in [0.4, 0.5) is 4.39 Å². The van der Waals surface area contributed by atoms with E-state index in [4.69, 9.17) is 21.3 Å². The van der Waals surface area contributed by atoms with Gasteiger partial charge in [0.2, 0.25) is 0 Å². The van der Waals surface area contributed by atoms with Crippen molar-refractivity contribution in [2.45, 2.75) is 19.6 Å². The molecule has 26 heavy (non-hydrogen) atoms. The topological polar surface area (TPSA) is 34.1 Å². The predicted octanol–water partition coefficient (Wildman–Crippen LogP) is 4.77. The maximum absolute atomic E-state index is 13.7. The van der Waals surface area contributed by atoms with Gasteiger partial charge in [-0.15, -0.1) is 0 Å². The molecule has 0 amide bonds. The van der Waals surface area contributed by atoms with Gasteiger partial charge in [0.15, 0.2) is 0 Å². The van der Waals surface area contributed by atoms with Crippen molar-refractivity contribution in [3.63, 3.8) is 0 Å². The first-order valence-electron chi connectivity index (χ1n) is 8.56. The van der Waals surface area contributed by atoms with E-state index < -0.39 is 0 Å². The van der Waals surface area contributed by atoms with Gasteiger partial charge in [-0.2, -0.15) is 0 Å². The Kier molecular flexibility index (Phi) is 4.87. The van der Waals surface area contributed by atoms with Gasteiger partial charge in [-0.05, 0) is 35.9 Å². The average molecular weight is 369 g/mol. The van der Waals surface area contributed by atoms with Gasteiger partial charge >= 0.3 is 0 Å². The number of nitrogens with one attached hydrogen (secondary N) is 1. The summed E-state index contributed by atoms with van der Waals surface area (Å²) in [6.45, 7) is 1.95. The second-order valence-corrected chi connectivity index (χ2v) is 6.66. The van der Waals surface area contributed by atoms with Crippen LogP contribution in [0.1, 0.15) is 16.8 Å². The van der Waals surface area contributed by atoms with Crippen LogP contribution in [0, 0.1) is 5.82 Å². The standard InChI is InChI=1S/C21H18ClFN2O/c22-17-11-14(19-7-5-15-12-24-10-9-20(15)25-19)6-8-21(17)26-13-16-3-1-2-4-18(16)23/h1-8,11,24H,9-10,12-13H2. The summed E-state index contributed by atoms with van der Waals surface area (Å²) in [4.78, 5) is 4.77. The fraction of sp³-hybridized carbons (Fsp3) is 0.190. The highest BCUT2D eigenvalue weighted by molar-refractivity contribution is 6.32. The maximum atomic E-state index is 13.7. The molecule has 5 heteroatoms. The summed E-state index contributed by atoms with van der Waals surface area (Å²) in [6, 6.07) is 16.3. The molecule has 132 valence electrons. The first kappa shape index (κ1) is 17.0. The molecule has 1 aromatic heterocycles. The van der Waals surface area contributed by atoms with Crippen LogP contribution < -0.4 is 10.1 Å². The maximum Gasteiger partial charge on any atom is 0.138 e. The van der Waals surface area contributed by atoms with Gasteiger partial charge in [-0.3, -0.25) is 4.98 Å². The summed E-state index contributed by atoms with van der Waals surface area (Å²) in [5.41, 5.74) is 4.72. The zero-order valence-corrected chi connectivity index (χ0v) is 14.9. The molecule has 2 aromatic carbocycles. The van der Waals surface area contributed by atoms with Crippen molar-refractivity contribution >= 4 is 11.6 Å². The summed E-state index contributed by atoms with van der Waals surface area (Å²) >= 11 is 6.37. The number of aromatic nitrogens is 1. The highest BCUT2D eigenvalue weighted by Gasteiger charge is 2.12. The molecule has 3 aromatic rings. The number of rotatable bonds is 4. The quantitative estimate of drug-likeness (QED) is 0.720. The van der Waals surface area contributed by atoms with Crippen molar-refractivity contribution in [3.8, 4) is 17.0 Å². The van der Waals surface area contributed by atoms with Crippen molar-refractivity contribution in [2.75, 3.05) is 6.54 Å². The van der Waals surface area contributed by atoms with Crippen LogP contribution in [0.15, 0.2) is 54.6 Å². The van der Waals surface area contributed by atoms with Crippen molar-refractivity contribution in [1.82, 2.24) is 10.3 Å². The number of halogens is 2. The molecule has 4 rings (SSSR count). The molecular formula is C21H18ClFN2O. The third kappa shape index (κ3) is 3.57. The Morgan fingerprint density at radius 2 is 2.00 bits per heavy atom. The summed E-state index contributed by atoms with van der Waals surface area (Å²) in [5.74, 6) is 0.244. The van der Waals surface area contributed by atoms with Crippen molar-refractivity contribution in [1.29, 1.82) is 0 Å². The van der Waals surface area contributed by atoms with E-state index in [0.717, 1.165) is 36.5 Å². The number of fused-ring (bicyclic) bond motifs is 1. The number of hydrogen-bond donors (Lipinski definition) is 1. The minimum absolute atomic E-state index is 0.135. The molecule has 0 saturated heterocycles. The highest BCUT2D eigenvalue weighted by atomic mass is 35.5. The molecular weight excluding hydrogens is 351 g/mol. The van der Waals surface area contributed by atoms with Gasteiger partial charge < -0.3 is 10.1 Å². The van der Waals surface area contributed by atoms with Gasteiger partial charge in [0, 0.05) is 36.3 Å². The molecule has 0 aliphatic carbocycles. The normalized spacial score (nSPS) is 13.3. The Balaban J connectivity index is 1.53. The van der Waals surface area contributed by atoms with Crippen LogP contribution in [-0.4, -0.2) is 11.5 Å². The van der Waals surface area contributed by atoms with Crippen molar-refractivity contribution in [3.05, 3.63) is 82.3 Å². The second-order valence-electron chi connectivity index (χ2n) is 6.25. The third-order valence-electron chi connectivity index (χ3n) is 4.49. The van der Waals surface area contributed by atoms with Crippen LogP contribution in [0.5, 0.6) is 5.75 Å². The fourth-order valence-corrected chi connectivity index (χ4v) is 3.28. The molecule has 0 bridgehead atoms. The van der Waals surface area contributed by atoms with Gasteiger partial charge in [-0.1, -0.05) is 35.9 Å². The SMILES string of the molecule is Fc1ccccc1COc1ccc(-c2ccc3c(n2)CCNC3)cc1Cl. The minimum atomic E-state index is -0.284. The lowest BCUT2D eigenvalue weighted by atomic mass is 10.0. The van der Waals surface area contributed by atoms with Crippen LogP contribution in [0.2, 0.25) is 5.02 Å². The summed E-state index contributed by atoms with van der Waals surface area (Å²) < 4.78 is 19.4. The van der Waals surface area contributed by atoms with E-state index in [1.807, 2.05) is 18.2 Å².